The summed E-state index contributed by atoms with van der Waals surface area (Å²) >= 11 is 5.61. The number of rotatable bonds is 4. The van der Waals surface area contributed by atoms with E-state index in [2.05, 4.69) is 5.10 Å². The van der Waals surface area contributed by atoms with E-state index >= 15 is 0 Å². The second-order valence-electron chi connectivity index (χ2n) is 4.11. The molecule has 0 bridgehead atoms. The van der Waals surface area contributed by atoms with Crippen molar-refractivity contribution in [1.29, 1.82) is 0 Å². The van der Waals surface area contributed by atoms with Crippen LogP contribution in [-0.2, 0) is 18.4 Å². The van der Waals surface area contributed by atoms with E-state index < -0.39 is 0 Å². The molecule has 19 heavy (non-hydrogen) atoms. The lowest BCUT2D eigenvalue weighted by Crippen LogP contribution is -2.31. The first kappa shape index (κ1) is 13.5. The molecule has 100 valence electrons. The zero-order valence-corrected chi connectivity index (χ0v) is 11.1. The van der Waals surface area contributed by atoms with E-state index in [-0.39, 0.29) is 17.6 Å². The van der Waals surface area contributed by atoms with E-state index in [0.717, 1.165) is 5.56 Å². The summed E-state index contributed by atoms with van der Waals surface area (Å²) in [6.45, 7) is 0.352. The van der Waals surface area contributed by atoms with Crippen LogP contribution in [0.5, 0.6) is 0 Å². The van der Waals surface area contributed by atoms with Gasteiger partial charge in [0.1, 0.15) is 11.7 Å². The van der Waals surface area contributed by atoms with Crippen molar-refractivity contribution in [3.8, 4) is 0 Å². The Kier molecular flexibility index (Phi) is 4.16. The van der Waals surface area contributed by atoms with Crippen molar-refractivity contribution in [3.05, 3.63) is 48.0 Å². The van der Waals surface area contributed by atoms with Crippen LogP contribution in [0.2, 0.25) is 0 Å². The normalized spacial score (nSPS) is 10.5. The standard InChI is InChI=1S/C13H13ClFN3O/c1-17-8-10(7-16-17)9-18(13(19)6-14)12-4-2-11(15)3-5-12/h2-5,7-8H,6,9H2,1H3. The number of nitrogens with zero attached hydrogens (tertiary/aromatic N) is 3. The summed E-state index contributed by atoms with van der Waals surface area (Å²) in [5.41, 5.74) is 1.49. The molecule has 0 radical (unpaired) electrons. The van der Waals surface area contributed by atoms with Gasteiger partial charge < -0.3 is 4.90 Å². The molecular formula is C13H13ClFN3O. The maximum Gasteiger partial charge on any atom is 0.242 e. The predicted octanol–water partition coefficient (Wildman–Crippen LogP) is 2.33. The minimum Gasteiger partial charge on any atom is -0.307 e. The molecule has 0 aliphatic heterocycles. The van der Waals surface area contributed by atoms with Crippen molar-refractivity contribution in [3.63, 3.8) is 0 Å². The molecule has 0 N–H and O–H groups in total. The average molecular weight is 282 g/mol. The number of anilines is 1. The van der Waals surface area contributed by atoms with E-state index in [9.17, 15) is 9.18 Å². The summed E-state index contributed by atoms with van der Waals surface area (Å²) in [7, 11) is 1.80. The summed E-state index contributed by atoms with van der Waals surface area (Å²) in [6.07, 6.45) is 3.50. The average Bonchev–Trinajstić information content (AvgIpc) is 2.82. The molecule has 1 aromatic carbocycles. The number of carbonyl (C=O) groups is 1. The third-order valence-corrected chi connectivity index (χ3v) is 2.88. The zero-order valence-electron chi connectivity index (χ0n) is 10.4. The van der Waals surface area contributed by atoms with Gasteiger partial charge in [0.15, 0.2) is 0 Å². The molecule has 4 nitrogen and oxygen atoms in total. The number of hydrogen-bond donors (Lipinski definition) is 0. The summed E-state index contributed by atoms with van der Waals surface area (Å²) < 4.78 is 14.6. The number of carbonyl (C=O) groups excluding carboxylic acids is 1. The van der Waals surface area contributed by atoms with E-state index in [1.54, 1.807) is 30.1 Å². The van der Waals surface area contributed by atoms with Gasteiger partial charge in [0.05, 0.1) is 12.7 Å². The second-order valence-corrected chi connectivity index (χ2v) is 4.38. The molecule has 0 saturated heterocycles. The minimum atomic E-state index is -0.344. The number of aromatic nitrogens is 2. The number of alkyl halides is 1. The van der Waals surface area contributed by atoms with Crippen LogP contribution in [-0.4, -0.2) is 21.6 Å². The molecule has 1 aromatic heterocycles. The molecule has 0 spiro atoms. The number of amides is 1. The highest BCUT2D eigenvalue weighted by Gasteiger charge is 2.16. The van der Waals surface area contributed by atoms with Crippen LogP contribution < -0.4 is 4.90 Å². The molecule has 0 unspecified atom stereocenters. The third kappa shape index (κ3) is 3.32. The number of aryl methyl sites for hydroxylation is 1. The lowest BCUT2D eigenvalue weighted by molar-refractivity contribution is -0.116. The monoisotopic (exact) mass is 281 g/mol. The van der Waals surface area contributed by atoms with Crippen LogP contribution in [0.15, 0.2) is 36.7 Å². The highest BCUT2D eigenvalue weighted by Crippen LogP contribution is 2.18. The quantitative estimate of drug-likeness (QED) is 0.807. The summed E-state index contributed by atoms with van der Waals surface area (Å²) in [6, 6.07) is 5.73. The smallest absolute Gasteiger partial charge is 0.242 e. The molecule has 2 aromatic rings. The molecule has 6 heteroatoms. The fourth-order valence-corrected chi connectivity index (χ4v) is 1.90. The SMILES string of the molecule is Cn1cc(CN(C(=O)CCl)c2ccc(F)cc2)cn1. The van der Waals surface area contributed by atoms with Crippen LogP contribution >= 0.6 is 11.6 Å². The van der Waals surface area contributed by atoms with Gasteiger partial charge in [-0.1, -0.05) is 0 Å². The predicted molar refractivity (Wildman–Crippen MR) is 71.5 cm³/mol. The lowest BCUT2D eigenvalue weighted by atomic mass is 10.2. The van der Waals surface area contributed by atoms with E-state index in [0.29, 0.717) is 12.2 Å². The van der Waals surface area contributed by atoms with Crippen molar-refractivity contribution >= 4 is 23.2 Å². The van der Waals surface area contributed by atoms with Gasteiger partial charge >= 0.3 is 0 Å². The molecule has 1 amide bonds. The molecular weight excluding hydrogens is 269 g/mol. The zero-order chi connectivity index (χ0) is 13.8. The highest BCUT2D eigenvalue weighted by molar-refractivity contribution is 6.29. The highest BCUT2D eigenvalue weighted by atomic mass is 35.5. The minimum absolute atomic E-state index is 0.127. The fourth-order valence-electron chi connectivity index (χ4n) is 1.75. The maximum atomic E-state index is 12.9. The fraction of sp³-hybridized carbons (Fsp3) is 0.231. The van der Waals surface area contributed by atoms with Crippen LogP contribution in [0.25, 0.3) is 0 Å². The third-order valence-electron chi connectivity index (χ3n) is 2.65. The van der Waals surface area contributed by atoms with E-state index in [1.807, 2.05) is 6.20 Å². The molecule has 1 heterocycles. The number of halogens is 2. The second kappa shape index (κ2) is 5.84. The Labute approximate surface area is 115 Å². The van der Waals surface area contributed by atoms with E-state index in [1.165, 1.54) is 17.0 Å². The van der Waals surface area contributed by atoms with Gasteiger partial charge in [-0.3, -0.25) is 9.48 Å². The Hall–Kier alpha value is -1.88. The first-order valence-electron chi connectivity index (χ1n) is 5.69. The van der Waals surface area contributed by atoms with Gasteiger partial charge in [0.2, 0.25) is 5.91 Å². The summed E-state index contributed by atoms with van der Waals surface area (Å²) in [4.78, 5) is 13.4. The van der Waals surface area contributed by atoms with Crippen LogP contribution in [0.1, 0.15) is 5.56 Å². The van der Waals surface area contributed by atoms with Crippen molar-refractivity contribution < 1.29 is 9.18 Å². The molecule has 0 saturated carbocycles. The van der Waals surface area contributed by atoms with Gasteiger partial charge in [0.25, 0.3) is 0 Å². The molecule has 0 aliphatic carbocycles. The Balaban J connectivity index is 2.25. The molecule has 0 atom stereocenters. The Bertz CT molecular complexity index is 568. The maximum absolute atomic E-state index is 12.9. The first-order chi connectivity index (χ1) is 9.10. The van der Waals surface area contributed by atoms with E-state index in [4.69, 9.17) is 11.6 Å². The van der Waals surface area contributed by atoms with Gasteiger partial charge in [-0.2, -0.15) is 5.10 Å². The summed E-state index contributed by atoms with van der Waals surface area (Å²) in [5, 5.41) is 4.05. The Morgan fingerprint density at radius 2 is 2.11 bits per heavy atom. The van der Waals surface area contributed by atoms with Crippen molar-refractivity contribution in [1.82, 2.24) is 9.78 Å². The molecule has 0 fully saturated rings. The van der Waals surface area contributed by atoms with Gasteiger partial charge in [-0.15, -0.1) is 11.6 Å². The Morgan fingerprint density at radius 1 is 1.42 bits per heavy atom. The van der Waals surface area contributed by atoms with Gasteiger partial charge in [-0.05, 0) is 24.3 Å². The Morgan fingerprint density at radius 3 is 2.63 bits per heavy atom. The van der Waals surface area contributed by atoms with Crippen molar-refractivity contribution in [2.45, 2.75) is 6.54 Å². The van der Waals surface area contributed by atoms with Gasteiger partial charge in [-0.25, -0.2) is 4.39 Å². The first-order valence-corrected chi connectivity index (χ1v) is 6.23. The number of hydrogen-bond acceptors (Lipinski definition) is 2. The van der Waals surface area contributed by atoms with Crippen LogP contribution in [0.4, 0.5) is 10.1 Å². The molecule has 2 rings (SSSR count). The number of benzene rings is 1. The van der Waals surface area contributed by atoms with Crippen molar-refractivity contribution in [2.24, 2.45) is 7.05 Å². The molecule has 0 aliphatic rings. The van der Waals surface area contributed by atoms with Crippen molar-refractivity contribution in [2.75, 3.05) is 10.8 Å². The largest absolute Gasteiger partial charge is 0.307 e. The summed E-state index contributed by atoms with van der Waals surface area (Å²) in [5.74, 6) is -0.710. The topological polar surface area (TPSA) is 38.1 Å². The lowest BCUT2D eigenvalue weighted by Gasteiger charge is -2.21. The van der Waals surface area contributed by atoms with Gasteiger partial charge in [0, 0.05) is 24.5 Å². The van der Waals surface area contributed by atoms with Crippen LogP contribution in [0.3, 0.4) is 0 Å². The van der Waals surface area contributed by atoms with Crippen LogP contribution in [0, 0.1) is 5.82 Å².